The lowest BCUT2D eigenvalue weighted by Crippen LogP contribution is -2.49. The van der Waals surface area contributed by atoms with Crippen LogP contribution in [0.15, 0.2) is 0 Å². The van der Waals surface area contributed by atoms with Crippen LogP contribution >= 0.6 is 11.8 Å². The Balaban J connectivity index is 1.92. The van der Waals surface area contributed by atoms with E-state index in [9.17, 15) is 0 Å². The number of thioether (sulfide) groups is 1. The fourth-order valence-electron chi connectivity index (χ4n) is 4.18. The van der Waals surface area contributed by atoms with Crippen molar-refractivity contribution in [3.05, 3.63) is 0 Å². The molecule has 0 spiro atoms. The van der Waals surface area contributed by atoms with Crippen molar-refractivity contribution in [2.75, 3.05) is 6.26 Å². The van der Waals surface area contributed by atoms with Gasteiger partial charge in [0.2, 0.25) is 0 Å². The quantitative estimate of drug-likeness (QED) is 0.794. The molecule has 2 aliphatic rings. The van der Waals surface area contributed by atoms with Gasteiger partial charge in [0.25, 0.3) is 0 Å². The largest absolute Gasteiger partial charge is 0.311 e. The third-order valence-electron chi connectivity index (χ3n) is 5.29. The van der Waals surface area contributed by atoms with E-state index >= 15 is 0 Å². The Kier molecular flexibility index (Phi) is 5.65. The van der Waals surface area contributed by atoms with E-state index in [1.165, 1.54) is 51.4 Å². The van der Waals surface area contributed by atoms with Gasteiger partial charge in [0.15, 0.2) is 0 Å². The van der Waals surface area contributed by atoms with Crippen molar-refractivity contribution in [3.63, 3.8) is 0 Å². The Morgan fingerprint density at radius 1 is 0.947 bits per heavy atom. The number of nitrogens with one attached hydrogen (secondary N) is 1. The van der Waals surface area contributed by atoms with Gasteiger partial charge in [-0.1, -0.05) is 40.0 Å². The summed E-state index contributed by atoms with van der Waals surface area (Å²) in [5.41, 5.74) is 0.464. The molecule has 0 bridgehead atoms. The molecule has 2 heteroatoms. The predicted molar refractivity (Wildman–Crippen MR) is 87.9 cm³/mol. The first-order valence-electron chi connectivity index (χ1n) is 8.29. The third-order valence-corrected chi connectivity index (χ3v) is 6.38. The zero-order valence-electron chi connectivity index (χ0n) is 13.4. The first-order valence-corrected chi connectivity index (χ1v) is 9.58. The minimum Gasteiger partial charge on any atom is -0.311 e. The van der Waals surface area contributed by atoms with Crippen LogP contribution in [-0.4, -0.2) is 23.6 Å². The van der Waals surface area contributed by atoms with Gasteiger partial charge in [-0.2, -0.15) is 11.8 Å². The summed E-state index contributed by atoms with van der Waals surface area (Å²) in [4.78, 5) is 0. The van der Waals surface area contributed by atoms with Crippen LogP contribution in [0.1, 0.15) is 72.1 Å². The van der Waals surface area contributed by atoms with Crippen molar-refractivity contribution < 1.29 is 0 Å². The van der Waals surface area contributed by atoms with Gasteiger partial charge in [0.05, 0.1) is 0 Å². The minimum atomic E-state index is 0.464. The van der Waals surface area contributed by atoms with Gasteiger partial charge < -0.3 is 5.32 Å². The van der Waals surface area contributed by atoms with E-state index in [2.05, 4.69) is 44.1 Å². The molecule has 4 unspecified atom stereocenters. The molecule has 1 N–H and O–H groups in total. The summed E-state index contributed by atoms with van der Waals surface area (Å²) in [5, 5.41) is 4.97. The molecule has 0 aromatic heterocycles. The molecule has 0 saturated heterocycles. The molecule has 0 radical (unpaired) electrons. The second kappa shape index (κ2) is 6.85. The van der Waals surface area contributed by atoms with E-state index in [1.807, 2.05) is 0 Å². The molecule has 19 heavy (non-hydrogen) atoms. The smallest absolute Gasteiger partial charge is 0.0103 e. The van der Waals surface area contributed by atoms with Gasteiger partial charge in [-0.15, -0.1) is 0 Å². The number of rotatable bonds is 3. The topological polar surface area (TPSA) is 12.0 Å². The van der Waals surface area contributed by atoms with Gasteiger partial charge in [-0.25, -0.2) is 0 Å². The summed E-state index contributed by atoms with van der Waals surface area (Å²) >= 11 is 2.08. The maximum atomic E-state index is 4.07. The van der Waals surface area contributed by atoms with Crippen LogP contribution < -0.4 is 5.32 Å². The molecule has 0 amide bonds. The fraction of sp³-hybridized carbons (Fsp3) is 1.00. The Morgan fingerprint density at radius 3 is 2.37 bits per heavy atom. The van der Waals surface area contributed by atoms with E-state index < -0.39 is 0 Å². The molecule has 0 aromatic carbocycles. The van der Waals surface area contributed by atoms with Crippen LogP contribution in [0.4, 0.5) is 0 Å². The molecular formula is C17H33NS. The Morgan fingerprint density at radius 2 is 1.68 bits per heavy atom. The molecule has 2 saturated carbocycles. The third kappa shape index (κ3) is 4.39. The minimum absolute atomic E-state index is 0.464. The maximum absolute atomic E-state index is 4.07. The highest BCUT2D eigenvalue weighted by atomic mass is 32.2. The van der Waals surface area contributed by atoms with Crippen molar-refractivity contribution in [2.24, 2.45) is 11.3 Å². The SMILES string of the molecule is CSC1CCCC(NC2CCCCC2C(C)(C)C)C1. The average Bonchev–Trinajstić information content (AvgIpc) is 2.38. The molecular weight excluding hydrogens is 250 g/mol. The van der Waals surface area contributed by atoms with Gasteiger partial charge >= 0.3 is 0 Å². The van der Waals surface area contributed by atoms with Gasteiger partial charge in [-0.3, -0.25) is 0 Å². The average molecular weight is 284 g/mol. The van der Waals surface area contributed by atoms with E-state index in [4.69, 9.17) is 0 Å². The first kappa shape index (κ1) is 15.7. The molecule has 1 nitrogen and oxygen atoms in total. The van der Waals surface area contributed by atoms with Crippen LogP contribution in [0.3, 0.4) is 0 Å². The standard InChI is InChI=1S/C17H33NS/c1-17(2,3)15-10-5-6-11-16(15)18-13-8-7-9-14(12-13)19-4/h13-16,18H,5-12H2,1-4H3. The Bertz CT molecular complexity index is 271. The molecule has 2 aliphatic carbocycles. The van der Waals surface area contributed by atoms with Gasteiger partial charge in [0, 0.05) is 17.3 Å². The monoisotopic (exact) mass is 283 g/mol. The summed E-state index contributed by atoms with van der Waals surface area (Å²) in [6.45, 7) is 7.30. The summed E-state index contributed by atoms with van der Waals surface area (Å²) in [7, 11) is 0. The zero-order chi connectivity index (χ0) is 13.9. The lowest BCUT2D eigenvalue weighted by atomic mass is 9.69. The summed E-state index contributed by atoms with van der Waals surface area (Å²) in [6, 6.07) is 1.57. The fourth-order valence-corrected chi connectivity index (χ4v) is 5.01. The van der Waals surface area contributed by atoms with Crippen LogP contribution in [0, 0.1) is 11.3 Å². The lowest BCUT2D eigenvalue weighted by molar-refractivity contribution is 0.118. The van der Waals surface area contributed by atoms with E-state index in [1.54, 1.807) is 0 Å². The maximum Gasteiger partial charge on any atom is 0.0103 e. The Hall–Kier alpha value is 0.310. The van der Waals surface area contributed by atoms with Crippen LogP contribution in [0.5, 0.6) is 0 Å². The van der Waals surface area contributed by atoms with Crippen LogP contribution in [0.2, 0.25) is 0 Å². The summed E-state index contributed by atoms with van der Waals surface area (Å²) in [5.74, 6) is 0.871. The summed E-state index contributed by atoms with van der Waals surface area (Å²) < 4.78 is 0. The number of hydrogen-bond donors (Lipinski definition) is 1. The highest BCUT2D eigenvalue weighted by Gasteiger charge is 2.35. The molecule has 2 rings (SSSR count). The van der Waals surface area contributed by atoms with Gasteiger partial charge in [-0.05, 0) is 49.7 Å². The highest BCUT2D eigenvalue weighted by Crippen LogP contribution is 2.39. The first-order chi connectivity index (χ1) is 9.00. The Labute approximate surface area is 124 Å². The lowest BCUT2D eigenvalue weighted by Gasteiger charge is -2.43. The predicted octanol–water partition coefficient (Wildman–Crippen LogP) is 4.86. The van der Waals surface area contributed by atoms with E-state index in [-0.39, 0.29) is 0 Å². The van der Waals surface area contributed by atoms with E-state index in [0.717, 1.165) is 23.3 Å². The van der Waals surface area contributed by atoms with Crippen LogP contribution in [-0.2, 0) is 0 Å². The van der Waals surface area contributed by atoms with Crippen molar-refractivity contribution in [1.29, 1.82) is 0 Å². The van der Waals surface area contributed by atoms with Crippen molar-refractivity contribution in [2.45, 2.75) is 89.5 Å². The number of hydrogen-bond acceptors (Lipinski definition) is 2. The highest BCUT2D eigenvalue weighted by molar-refractivity contribution is 7.99. The van der Waals surface area contributed by atoms with E-state index in [0.29, 0.717) is 5.41 Å². The van der Waals surface area contributed by atoms with Crippen molar-refractivity contribution in [1.82, 2.24) is 5.32 Å². The van der Waals surface area contributed by atoms with Crippen molar-refractivity contribution >= 4 is 11.8 Å². The molecule has 4 atom stereocenters. The molecule has 2 fully saturated rings. The zero-order valence-corrected chi connectivity index (χ0v) is 14.2. The van der Waals surface area contributed by atoms with Crippen molar-refractivity contribution in [3.8, 4) is 0 Å². The summed E-state index contributed by atoms with van der Waals surface area (Å²) in [6.07, 6.45) is 13.7. The molecule has 0 aliphatic heterocycles. The molecule has 0 heterocycles. The normalized spacial score (nSPS) is 37.3. The van der Waals surface area contributed by atoms with Crippen LogP contribution in [0.25, 0.3) is 0 Å². The molecule has 0 aromatic rings. The second-order valence-corrected chi connectivity index (χ2v) is 8.89. The second-order valence-electron chi connectivity index (χ2n) is 7.75. The van der Waals surface area contributed by atoms with Gasteiger partial charge in [0.1, 0.15) is 0 Å². The molecule has 112 valence electrons.